The van der Waals surface area contributed by atoms with E-state index in [1.165, 1.54) is 12.1 Å². The summed E-state index contributed by atoms with van der Waals surface area (Å²) < 4.78 is 0. The highest BCUT2D eigenvalue weighted by Gasteiger charge is 2.13. The lowest BCUT2D eigenvalue weighted by Crippen LogP contribution is -2.42. The van der Waals surface area contributed by atoms with E-state index in [9.17, 15) is 9.59 Å². The number of nitrogens with one attached hydrogen (secondary N) is 1. The minimum atomic E-state index is -0.970. The molecule has 1 unspecified atom stereocenters. The Morgan fingerprint density at radius 1 is 1.28 bits per heavy atom. The summed E-state index contributed by atoms with van der Waals surface area (Å²) in [5.74, 6) is -1.20. The Kier molecular flexibility index (Phi) is 5.13. The Bertz CT molecular complexity index is 417. The maximum atomic E-state index is 11.5. The van der Waals surface area contributed by atoms with Gasteiger partial charge in [0.1, 0.15) is 5.75 Å². The lowest BCUT2D eigenvalue weighted by atomic mass is 10.1. The fourth-order valence-electron chi connectivity index (χ4n) is 1.40. The molecule has 1 amide bonds. The summed E-state index contributed by atoms with van der Waals surface area (Å²) in [6.45, 7) is 0.0669. The van der Waals surface area contributed by atoms with Crippen LogP contribution in [0, 0.1) is 0 Å². The van der Waals surface area contributed by atoms with E-state index in [0.717, 1.165) is 5.56 Å². The monoisotopic (exact) mass is 252 g/mol. The highest BCUT2D eigenvalue weighted by atomic mass is 16.4. The van der Waals surface area contributed by atoms with Crippen molar-refractivity contribution in [2.75, 3.05) is 6.54 Å². The molecule has 1 rings (SSSR count). The molecule has 0 aliphatic heterocycles. The van der Waals surface area contributed by atoms with Crippen molar-refractivity contribution in [1.29, 1.82) is 0 Å². The normalized spacial score (nSPS) is 11.8. The minimum absolute atomic E-state index is 0.0669. The number of phenols is 1. The third-order valence-corrected chi connectivity index (χ3v) is 2.37. The van der Waals surface area contributed by atoms with Crippen LogP contribution in [0.15, 0.2) is 24.3 Å². The highest BCUT2D eigenvalue weighted by molar-refractivity contribution is 5.82. The summed E-state index contributed by atoms with van der Waals surface area (Å²) in [4.78, 5) is 21.8. The van der Waals surface area contributed by atoms with E-state index in [1.807, 2.05) is 0 Å². The van der Waals surface area contributed by atoms with Crippen LogP contribution < -0.4 is 11.1 Å². The van der Waals surface area contributed by atoms with Gasteiger partial charge in [0.05, 0.1) is 12.5 Å². The molecule has 1 aromatic rings. The first-order valence-corrected chi connectivity index (χ1v) is 5.52. The largest absolute Gasteiger partial charge is 0.508 e. The number of aromatic hydroxyl groups is 1. The molecular formula is C12H16N2O4. The lowest BCUT2D eigenvalue weighted by Gasteiger charge is -2.11. The Morgan fingerprint density at radius 2 is 1.89 bits per heavy atom. The number of rotatable bonds is 6. The predicted molar refractivity (Wildman–Crippen MR) is 65.0 cm³/mol. The van der Waals surface area contributed by atoms with E-state index in [0.29, 0.717) is 6.42 Å². The van der Waals surface area contributed by atoms with Crippen molar-refractivity contribution < 1.29 is 19.8 Å². The van der Waals surface area contributed by atoms with Crippen molar-refractivity contribution in [3.8, 4) is 5.75 Å². The molecular weight excluding hydrogens is 236 g/mol. The van der Waals surface area contributed by atoms with Gasteiger partial charge >= 0.3 is 5.97 Å². The second kappa shape index (κ2) is 6.61. The standard InChI is InChI=1S/C12H16N2O4/c13-10(12(18)14-6-5-11(16)17)7-8-1-3-9(15)4-2-8/h1-4,10,15H,5-7,13H2,(H,14,18)(H,16,17). The Hall–Kier alpha value is -2.08. The molecule has 98 valence electrons. The number of carbonyl (C=O) groups is 2. The molecule has 0 aliphatic carbocycles. The van der Waals surface area contributed by atoms with Gasteiger partial charge in [0.25, 0.3) is 0 Å². The molecule has 6 heteroatoms. The van der Waals surface area contributed by atoms with E-state index in [2.05, 4.69) is 5.32 Å². The number of nitrogens with two attached hydrogens (primary N) is 1. The molecule has 0 bridgehead atoms. The van der Waals surface area contributed by atoms with Gasteiger partial charge in [0.2, 0.25) is 5.91 Å². The zero-order valence-electron chi connectivity index (χ0n) is 9.80. The number of hydrogen-bond donors (Lipinski definition) is 4. The number of benzene rings is 1. The van der Waals surface area contributed by atoms with Crippen LogP contribution in [0.3, 0.4) is 0 Å². The summed E-state index contributed by atoms with van der Waals surface area (Å²) in [5.41, 5.74) is 6.51. The van der Waals surface area contributed by atoms with E-state index >= 15 is 0 Å². The molecule has 0 saturated carbocycles. The molecule has 0 radical (unpaired) electrons. The molecule has 0 spiro atoms. The highest BCUT2D eigenvalue weighted by Crippen LogP contribution is 2.10. The summed E-state index contributed by atoms with van der Waals surface area (Å²) in [7, 11) is 0. The quantitative estimate of drug-likeness (QED) is 0.562. The summed E-state index contributed by atoms with van der Waals surface area (Å²) in [6, 6.07) is 5.66. The van der Waals surface area contributed by atoms with Crippen LogP contribution in [0.5, 0.6) is 5.75 Å². The van der Waals surface area contributed by atoms with E-state index in [1.54, 1.807) is 12.1 Å². The zero-order valence-corrected chi connectivity index (χ0v) is 9.80. The van der Waals surface area contributed by atoms with Gasteiger partial charge in [-0.1, -0.05) is 12.1 Å². The number of amides is 1. The zero-order chi connectivity index (χ0) is 13.5. The molecule has 0 aliphatic rings. The first-order chi connectivity index (χ1) is 8.49. The molecule has 1 atom stereocenters. The number of carbonyl (C=O) groups excluding carboxylic acids is 1. The van der Waals surface area contributed by atoms with Gasteiger partial charge in [0, 0.05) is 6.54 Å². The fraction of sp³-hybridized carbons (Fsp3) is 0.333. The Balaban J connectivity index is 2.39. The van der Waals surface area contributed by atoms with Gasteiger partial charge in [-0.05, 0) is 24.1 Å². The van der Waals surface area contributed by atoms with Crippen molar-refractivity contribution in [2.24, 2.45) is 5.73 Å². The van der Waals surface area contributed by atoms with Gasteiger partial charge in [-0.2, -0.15) is 0 Å². The predicted octanol–water partition coefficient (Wildman–Crippen LogP) is -0.147. The van der Waals surface area contributed by atoms with Crippen LogP contribution in [-0.4, -0.2) is 34.7 Å². The van der Waals surface area contributed by atoms with Crippen molar-refractivity contribution in [3.63, 3.8) is 0 Å². The lowest BCUT2D eigenvalue weighted by molar-refractivity contribution is -0.136. The fourth-order valence-corrected chi connectivity index (χ4v) is 1.40. The maximum absolute atomic E-state index is 11.5. The molecule has 5 N–H and O–H groups in total. The summed E-state index contributed by atoms with van der Waals surface area (Å²) in [5, 5.41) is 20.0. The van der Waals surface area contributed by atoms with E-state index in [4.69, 9.17) is 15.9 Å². The van der Waals surface area contributed by atoms with E-state index in [-0.39, 0.29) is 24.6 Å². The van der Waals surface area contributed by atoms with Crippen molar-refractivity contribution in [1.82, 2.24) is 5.32 Å². The van der Waals surface area contributed by atoms with E-state index < -0.39 is 12.0 Å². The van der Waals surface area contributed by atoms with Crippen LogP contribution >= 0.6 is 0 Å². The second-order valence-corrected chi connectivity index (χ2v) is 3.91. The number of hydrogen-bond acceptors (Lipinski definition) is 4. The second-order valence-electron chi connectivity index (χ2n) is 3.91. The first kappa shape index (κ1) is 14.0. The smallest absolute Gasteiger partial charge is 0.305 e. The van der Waals surface area contributed by atoms with Crippen LogP contribution in [0.1, 0.15) is 12.0 Å². The molecule has 1 aromatic carbocycles. The average Bonchev–Trinajstić information content (AvgIpc) is 2.31. The molecule has 0 aromatic heterocycles. The Morgan fingerprint density at radius 3 is 2.44 bits per heavy atom. The molecule has 6 nitrogen and oxygen atoms in total. The maximum Gasteiger partial charge on any atom is 0.305 e. The molecule has 0 saturated heterocycles. The third kappa shape index (κ3) is 4.84. The summed E-state index contributed by atoms with van der Waals surface area (Å²) >= 11 is 0. The number of aliphatic carboxylic acids is 1. The van der Waals surface area contributed by atoms with Crippen LogP contribution in [0.2, 0.25) is 0 Å². The van der Waals surface area contributed by atoms with Crippen LogP contribution in [0.25, 0.3) is 0 Å². The molecule has 0 heterocycles. The summed E-state index contributed by atoms with van der Waals surface area (Å²) in [6.07, 6.45) is 0.205. The van der Waals surface area contributed by atoms with Crippen molar-refractivity contribution in [3.05, 3.63) is 29.8 Å². The topological polar surface area (TPSA) is 113 Å². The van der Waals surface area contributed by atoms with Crippen molar-refractivity contribution in [2.45, 2.75) is 18.9 Å². The number of phenolic OH excluding ortho intramolecular Hbond substituents is 1. The van der Waals surface area contributed by atoms with Crippen molar-refractivity contribution >= 4 is 11.9 Å². The van der Waals surface area contributed by atoms with Crippen LogP contribution in [-0.2, 0) is 16.0 Å². The average molecular weight is 252 g/mol. The van der Waals surface area contributed by atoms with Gasteiger partial charge < -0.3 is 21.3 Å². The Labute approximate surface area is 104 Å². The van der Waals surface area contributed by atoms with Gasteiger partial charge in [-0.3, -0.25) is 9.59 Å². The molecule has 0 fully saturated rings. The first-order valence-electron chi connectivity index (χ1n) is 5.52. The third-order valence-electron chi connectivity index (χ3n) is 2.37. The van der Waals surface area contributed by atoms with Gasteiger partial charge in [0.15, 0.2) is 0 Å². The number of carboxylic acid groups (broad SMARTS) is 1. The van der Waals surface area contributed by atoms with Crippen LogP contribution in [0.4, 0.5) is 0 Å². The van der Waals surface area contributed by atoms with Gasteiger partial charge in [-0.25, -0.2) is 0 Å². The molecule has 18 heavy (non-hydrogen) atoms. The number of carboxylic acids is 1. The van der Waals surface area contributed by atoms with Gasteiger partial charge in [-0.15, -0.1) is 0 Å². The minimum Gasteiger partial charge on any atom is -0.508 e. The SMILES string of the molecule is NC(Cc1ccc(O)cc1)C(=O)NCCC(=O)O.